The molecule has 586 valence electrons. The molecule has 0 saturated carbocycles. The van der Waals surface area contributed by atoms with E-state index in [1.54, 1.807) is 0 Å². The zero-order chi connectivity index (χ0) is 72.5. The molecule has 0 aromatic carbocycles. The number of aldehydes is 4. The van der Waals surface area contributed by atoms with Crippen LogP contribution in [0.15, 0.2) is 48.6 Å². The number of unbranched alkanes of at least 4 members (excludes halogenated alkanes) is 48. The van der Waals surface area contributed by atoms with Gasteiger partial charge in [0.1, 0.15) is 43.5 Å². The van der Waals surface area contributed by atoms with Gasteiger partial charge in [0.15, 0.2) is 0 Å². The molecule has 100 heavy (non-hydrogen) atoms. The fourth-order valence-electron chi connectivity index (χ4n) is 11.6. The molecule has 0 amide bonds. The van der Waals surface area contributed by atoms with Crippen LogP contribution in [0.4, 0.5) is 0 Å². The molecule has 0 bridgehead atoms. The van der Waals surface area contributed by atoms with Gasteiger partial charge in [-0.2, -0.15) is 0 Å². The first-order valence-electron chi connectivity index (χ1n) is 40.7. The van der Waals surface area contributed by atoms with Gasteiger partial charge in [0.25, 0.3) is 0 Å². The summed E-state index contributed by atoms with van der Waals surface area (Å²) in [6.45, 7) is 0.298. The number of phosphoric acid groups is 2. The lowest BCUT2D eigenvalue weighted by Crippen LogP contribution is -2.27. The standard InChI is InChI=1S/C81H150O17P2/c82-65-57-49-41-33-25-17-9-1-5-13-21-29-37-45-53-61-69-91-75-80(93-71-63-55-47-39-31-23-15-7-3-11-19-27-35-43-51-59-67-84)77-97-99(87,88)95-73-79(86)74-96-100(89,90)98-78-81(94-72-64-56-48-40-32-24-16-8-4-12-20-28-36-44-52-60-68-85)76-92-70-62-54-46-38-30-22-14-6-2-10-18-26-34-42-50-58-66-83/h1-4,9-12,65-68,79-81,86H,5-8,13-64,69-78H2,(H,87,88)(H,89,90)/b9-1-,10-2-,11-3-,12-4-/t80-,81-/m1/s1. The molecule has 0 fully saturated rings. The number of carbonyl (C=O) groups is 4. The zero-order valence-electron chi connectivity index (χ0n) is 63.3. The summed E-state index contributed by atoms with van der Waals surface area (Å²) < 4.78 is 71.5. The normalized spacial score (nSPS) is 14.2. The molecule has 19 heteroatoms. The van der Waals surface area contributed by atoms with E-state index in [0.717, 1.165) is 218 Å². The van der Waals surface area contributed by atoms with Crippen molar-refractivity contribution in [1.29, 1.82) is 0 Å². The lowest BCUT2D eigenvalue weighted by atomic mass is 10.1. The molecule has 0 aliphatic heterocycles. The van der Waals surface area contributed by atoms with Crippen LogP contribution in [-0.2, 0) is 65.4 Å². The average Bonchev–Trinajstić information content (AvgIpc) is 0.988. The van der Waals surface area contributed by atoms with Crippen LogP contribution in [0.2, 0.25) is 0 Å². The second-order valence-corrected chi connectivity index (χ2v) is 30.4. The fourth-order valence-corrected chi connectivity index (χ4v) is 13.1. The van der Waals surface area contributed by atoms with Crippen LogP contribution >= 0.6 is 15.6 Å². The van der Waals surface area contributed by atoms with Crippen LogP contribution in [0.5, 0.6) is 0 Å². The summed E-state index contributed by atoms with van der Waals surface area (Å²) in [4.78, 5) is 63.2. The minimum absolute atomic E-state index is 0.171. The Morgan fingerprint density at radius 3 is 0.630 bits per heavy atom. The monoisotopic (exact) mass is 1460 g/mol. The summed E-state index contributed by atoms with van der Waals surface area (Å²) in [6.07, 6.45) is 80.4. The van der Waals surface area contributed by atoms with E-state index in [1.807, 2.05) is 0 Å². The quantitative estimate of drug-likeness (QED) is 0.0222. The van der Waals surface area contributed by atoms with Gasteiger partial charge in [-0.25, -0.2) is 9.13 Å². The molecule has 0 aliphatic rings. The van der Waals surface area contributed by atoms with E-state index < -0.39 is 47.2 Å². The third-order valence-electron chi connectivity index (χ3n) is 17.8. The second kappa shape index (κ2) is 80.8. The molecule has 0 spiro atoms. The number of rotatable bonds is 86. The SMILES string of the molecule is O=CCCCCCC/C=C\CCCCCCCCCOC[C@H](COP(=O)(O)OCC(O)COP(=O)(O)OC[C@@H](COCCCCCCCCC/C=C\CCCCCCC=O)OCCCCCCCCC/C=C\CCCCCCC=O)OCCCCCCCCC/C=C\CCCCCCC=O. The van der Waals surface area contributed by atoms with Gasteiger partial charge in [0.2, 0.25) is 0 Å². The minimum Gasteiger partial charge on any atom is -0.388 e. The van der Waals surface area contributed by atoms with Crippen molar-refractivity contribution in [3.05, 3.63) is 48.6 Å². The van der Waals surface area contributed by atoms with Crippen molar-refractivity contribution < 1.29 is 80.2 Å². The maximum absolute atomic E-state index is 13.1. The van der Waals surface area contributed by atoms with Crippen LogP contribution in [0, 0.1) is 0 Å². The Kier molecular flexibility index (Phi) is 78.9. The maximum atomic E-state index is 13.1. The van der Waals surface area contributed by atoms with Crippen LogP contribution in [0.25, 0.3) is 0 Å². The van der Waals surface area contributed by atoms with Crippen molar-refractivity contribution in [1.82, 2.24) is 0 Å². The van der Waals surface area contributed by atoms with Gasteiger partial charge in [-0.15, -0.1) is 0 Å². The van der Waals surface area contributed by atoms with Gasteiger partial charge in [-0.3, -0.25) is 18.1 Å². The van der Waals surface area contributed by atoms with Crippen LogP contribution in [0.3, 0.4) is 0 Å². The Balaban J connectivity index is 5.05. The highest BCUT2D eigenvalue weighted by Crippen LogP contribution is 2.45. The smallest absolute Gasteiger partial charge is 0.388 e. The van der Waals surface area contributed by atoms with Crippen molar-refractivity contribution in [3.63, 3.8) is 0 Å². The largest absolute Gasteiger partial charge is 0.472 e. The molecule has 2 unspecified atom stereocenters. The number of ether oxygens (including phenoxy) is 4. The molecular weight excluding hydrogens is 1310 g/mol. The van der Waals surface area contributed by atoms with Crippen molar-refractivity contribution in [2.24, 2.45) is 0 Å². The number of aliphatic hydroxyl groups excluding tert-OH is 1. The Morgan fingerprint density at radius 1 is 0.230 bits per heavy atom. The highest BCUT2D eigenvalue weighted by molar-refractivity contribution is 7.47. The summed E-state index contributed by atoms with van der Waals surface area (Å²) in [7, 11) is -9.41. The van der Waals surface area contributed by atoms with Crippen molar-refractivity contribution in [2.45, 2.75) is 378 Å². The molecule has 0 aromatic rings. The molecule has 0 saturated heterocycles. The zero-order valence-corrected chi connectivity index (χ0v) is 65.1. The highest BCUT2D eigenvalue weighted by atomic mass is 31.2. The van der Waals surface area contributed by atoms with Gasteiger partial charge in [-0.05, 0) is 154 Å². The van der Waals surface area contributed by atoms with Crippen LogP contribution in [-0.4, -0.2) is 124 Å². The van der Waals surface area contributed by atoms with E-state index in [2.05, 4.69) is 48.6 Å². The van der Waals surface area contributed by atoms with E-state index in [4.69, 9.17) is 37.0 Å². The predicted molar refractivity (Wildman–Crippen MR) is 410 cm³/mol. The summed E-state index contributed by atoms with van der Waals surface area (Å²) >= 11 is 0. The van der Waals surface area contributed by atoms with Gasteiger partial charge >= 0.3 is 15.6 Å². The average molecular weight is 1460 g/mol. The highest BCUT2D eigenvalue weighted by Gasteiger charge is 2.29. The van der Waals surface area contributed by atoms with Gasteiger partial charge in [-0.1, -0.05) is 228 Å². The van der Waals surface area contributed by atoms with E-state index in [9.17, 15) is 43.2 Å². The molecule has 0 heterocycles. The Bertz CT molecular complexity index is 1820. The van der Waals surface area contributed by atoms with Crippen LogP contribution in [0.1, 0.15) is 360 Å². The third-order valence-corrected chi connectivity index (χ3v) is 19.7. The first kappa shape index (κ1) is 97.7. The number of hydrogen-bond donors (Lipinski definition) is 3. The van der Waals surface area contributed by atoms with E-state index in [0.29, 0.717) is 52.1 Å². The summed E-state index contributed by atoms with van der Waals surface area (Å²) in [5.74, 6) is 0. The molecule has 0 radical (unpaired) electrons. The minimum atomic E-state index is -4.70. The molecule has 3 N–H and O–H groups in total. The van der Waals surface area contributed by atoms with E-state index in [1.165, 1.54) is 141 Å². The number of hydrogen-bond acceptors (Lipinski definition) is 15. The number of carbonyl (C=O) groups excluding carboxylic acids is 4. The topological polar surface area (TPSA) is 237 Å². The summed E-state index contributed by atoms with van der Waals surface area (Å²) in [5, 5.41) is 10.7. The number of allylic oxidation sites excluding steroid dienone is 8. The third kappa shape index (κ3) is 79.8. The lowest BCUT2D eigenvalue weighted by Gasteiger charge is -2.22. The van der Waals surface area contributed by atoms with E-state index in [-0.39, 0.29) is 26.4 Å². The van der Waals surface area contributed by atoms with E-state index >= 15 is 0 Å². The van der Waals surface area contributed by atoms with Gasteiger partial charge in [0, 0.05) is 52.1 Å². The predicted octanol–water partition coefficient (Wildman–Crippen LogP) is 22.3. The molecule has 4 atom stereocenters. The molecule has 17 nitrogen and oxygen atoms in total. The summed E-state index contributed by atoms with van der Waals surface area (Å²) in [5.41, 5.74) is 0. The van der Waals surface area contributed by atoms with Crippen molar-refractivity contribution in [2.75, 3.05) is 66.1 Å². The van der Waals surface area contributed by atoms with Crippen molar-refractivity contribution >= 4 is 40.8 Å². The first-order valence-corrected chi connectivity index (χ1v) is 43.7. The lowest BCUT2D eigenvalue weighted by molar-refractivity contribution is -0.108. The fraction of sp³-hybridized carbons (Fsp3) is 0.852. The van der Waals surface area contributed by atoms with Gasteiger partial charge < -0.3 is 53.0 Å². The maximum Gasteiger partial charge on any atom is 0.472 e. The number of phosphoric ester groups is 2. The second-order valence-electron chi connectivity index (χ2n) is 27.5. The Labute approximate surface area is 610 Å². The Hall–Kier alpha value is -2.34. The van der Waals surface area contributed by atoms with Crippen molar-refractivity contribution in [3.8, 4) is 0 Å². The Morgan fingerprint density at radius 2 is 0.410 bits per heavy atom. The van der Waals surface area contributed by atoms with Crippen LogP contribution < -0.4 is 0 Å². The molecule has 0 rings (SSSR count). The van der Waals surface area contributed by atoms with Gasteiger partial charge in [0.05, 0.1) is 39.6 Å². The molecule has 0 aromatic heterocycles. The summed E-state index contributed by atoms with van der Waals surface area (Å²) in [6, 6.07) is 0. The molecular formula is C81H150O17P2. The molecule has 0 aliphatic carbocycles. The first-order chi connectivity index (χ1) is 49.1. The number of aliphatic hydroxyl groups is 1.